The monoisotopic (exact) mass is 245 g/mol. The number of ether oxygens (including phenoxy) is 1. The van der Waals surface area contributed by atoms with Crippen LogP contribution in [0.3, 0.4) is 0 Å². The minimum absolute atomic E-state index is 0.00996. The van der Waals surface area contributed by atoms with Crippen LogP contribution >= 0.6 is 0 Å². The van der Waals surface area contributed by atoms with Crippen molar-refractivity contribution in [3.05, 3.63) is 53.7 Å². The van der Waals surface area contributed by atoms with E-state index in [1.807, 2.05) is 0 Å². The Labute approximate surface area is 106 Å². The summed E-state index contributed by atoms with van der Waals surface area (Å²) in [5, 5.41) is 18.4. The molecule has 1 aromatic carbocycles. The second kappa shape index (κ2) is 5.62. The first kappa shape index (κ1) is 12.5. The number of aliphatic hydroxyl groups excluding tert-OH is 2. The third kappa shape index (κ3) is 3.06. The van der Waals surface area contributed by atoms with E-state index in [2.05, 4.69) is 4.98 Å². The minimum atomic E-state index is -0.549. The van der Waals surface area contributed by atoms with Gasteiger partial charge in [0.05, 0.1) is 12.7 Å². The number of benzene rings is 1. The molecule has 0 aliphatic heterocycles. The lowest BCUT2D eigenvalue weighted by atomic mass is 10.2. The van der Waals surface area contributed by atoms with E-state index in [1.54, 1.807) is 49.5 Å². The molecule has 1 heterocycles. The lowest BCUT2D eigenvalue weighted by Crippen LogP contribution is -1.94. The molecule has 0 saturated carbocycles. The van der Waals surface area contributed by atoms with E-state index in [-0.39, 0.29) is 6.61 Å². The highest BCUT2D eigenvalue weighted by molar-refractivity contribution is 5.31. The molecule has 18 heavy (non-hydrogen) atoms. The van der Waals surface area contributed by atoms with Crippen LogP contribution in [-0.4, -0.2) is 15.2 Å². The minimum Gasteiger partial charge on any atom is -0.439 e. The maximum Gasteiger partial charge on any atom is 0.219 e. The van der Waals surface area contributed by atoms with Crippen molar-refractivity contribution in [1.82, 2.24) is 4.98 Å². The Morgan fingerprint density at radius 1 is 1.22 bits per heavy atom. The van der Waals surface area contributed by atoms with Gasteiger partial charge in [0, 0.05) is 12.3 Å². The molecular formula is C14H15NO3. The van der Waals surface area contributed by atoms with E-state index in [0.717, 1.165) is 11.1 Å². The molecule has 0 unspecified atom stereocenters. The topological polar surface area (TPSA) is 62.6 Å². The van der Waals surface area contributed by atoms with Gasteiger partial charge in [0.25, 0.3) is 0 Å². The summed E-state index contributed by atoms with van der Waals surface area (Å²) in [6.45, 7) is 1.70. The zero-order chi connectivity index (χ0) is 13.0. The SMILES string of the molecule is C[C@H](O)c1ccnc(Oc2ccc(CO)cc2)c1. The quantitative estimate of drug-likeness (QED) is 0.868. The molecule has 0 aliphatic carbocycles. The van der Waals surface area contributed by atoms with Gasteiger partial charge in [0.2, 0.25) is 5.88 Å². The van der Waals surface area contributed by atoms with Crippen LogP contribution in [0.2, 0.25) is 0 Å². The number of aromatic nitrogens is 1. The lowest BCUT2D eigenvalue weighted by molar-refractivity contribution is 0.198. The summed E-state index contributed by atoms with van der Waals surface area (Å²) in [5.74, 6) is 1.08. The van der Waals surface area contributed by atoms with Crippen molar-refractivity contribution in [1.29, 1.82) is 0 Å². The fourth-order valence-electron chi connectivity index (χ4n) is 1.52. The number of hydrogen-bond donors (Lipinski definition) is 2. The molecule has 1 aromatic heterocycles. The fourth-order valence-corrected chi connectivity index (χ4v) is 1.52. The Kier molecular flexibility index (Phi) is 3.92. The summed E-state index contributed by atoms with van der Waals surface area (Å²) in [6, 6.07) is 10.5. The van der Waals surface area contributed by atoms with Crippen LogP contribution in [0.15, 0.2) is 42.6 Å². The summed E-state index contributed by atoms with van der Waals surface area (Å²) >= 11 is 0. The molecule has 0 amide bonds. The van der Waals surface area contributed by atoms with E-state index >= 15 is 0 Å². The van der Waals surface area contributed by atoms with E-state index in [9.17, 15) is 5.11 Å². The van der Waals surface area contributed by atoms with Crippen LogP contribution < -0.4 is 4.74 Å². The van der Waals surface area contributed by atoms with Crippen LogP contribution in [0, 0.1) is 0 Å². The van der Waals surface area contributed by atoms with Gasteiger partial charge in [0.1, 0.15) is 5.75 Å². The van der Waals surface area contributed by atoms with E-state index in [0.29, 0.717) is 11.6 Å². The van der Waals surface area contributed by atoms with Gasteiger partial charge in [-0.2, -0.15) is 0 Å². The molecule has 1 atom stereocenters. The highest BCUT2D eigenvalue weighted by atomic mass is 16.5. The van der Waals surface area contributed by atoms with Crippen molar-refractivity contribution in [2.24, 2.45) is 0 Å². The first-order valence-electron chi connectivity index (χ1n) is 5.70. The summed E-state index contributed by atoms with van der Waals surface area (Å²) in [6.07, 6.45) is 1.05. The van der Waals surface area contributed by atoms with Gasteiger partial charge in [-0.15, -0.1) is 0 Å². The summed E-state index contributed by atoms with van der Waals surface area (Å²) < 4.78 is 5.56. The Bertz CT molecular complexity index is 509. The molecule has 0 spiro atoms. The number of nitrogens with zero attached hydrogens (tertiary/aromatic N) is 1. The van der Waals surface area contributed by atoms with Gasteiger partial charge in [-0.1, -0.05) is 12.1 Å². The molecule has 94 valence electrons. The number of hydrogen-bond acceptors (Lipinski definition) is 4. The standard InChI is InChI=1S/C14H15NO3/c1-10(17)12-6-7-15-14(8-12)18-13-4-2-11(9-16)3-5-13/h2-8,10,16-17H,9H2,1H3/t10-/m0/s1. The lowest BCUT2D eigenvalue weighted by Gasteiger charge is -2.08. The molecule has 2 rings (SSSR count). The van der Waals surface area contributed by atoms with E-state index in [1.165, 1.54) is 0 Å². The van der Waals surface area contributed by atoms with E-state index in [4.69, 9.17) is 9.84 Å². The van der Waals surface area contributed by atoms with Gasteiger partial charge in [-0.3, -0.25) is 0 Å². The second-order valence-corrected chi connectivity index (χ2v) is 4.01. The third-order valence-corrected chi connectivity index (χ3v) is 2.57. The van der Waals surface area contributed by atoms with Crippen LogP contribution in [-0.2, 0) is 6.61 Å². The Balaban J connectivity index is 2.15. The van der Waals surface area contributed by atoms with Gasteiger partial charge in [-0.25, -0.2) is 4.98 Å². The summed E-state index contributed by atoms with van der Waals surface area (Å²) in [5.41, 5.74) is 1.58. The van der Waals surface area contributed by atoms with E-state index < -0.39 is 6.10 Å². The Morgan fingerprint density at radius 3 is 2.56 bits per heavy atom. The predicted molar refractivity (Wildman–Crippen MR) is 67.3 cm³/mol. The first-order chi connectivity index (χ1) is 8.69. The van der Waals surface area contributed by atoms with Crippen LogP contribution in [0.25, 0.3) is 0 Å². The number of aliphatic hydroxyl groups is 2. The van der Waals surface area contributed by atoms with Crippen LogP contribution in [0.1, 0.15) is 24.2 Å². The smallest absolute Gasteiger partial charge is 0.219 e. The molecule has 2 N–H and O–H groups in total. The first-order valence-corrected chi connectivity index (χ1v) is 5.70. The van der Waals surface area contributed by atoms with Gasteiger partial charge < -0.3 is 14.9 Å². The molecule has 0 fully saturated rings. The molecule has 4 heteroatoms. The normalized spacial score (nSPS) is 12.2. The Hall–Kier alpha value is -1.91. The highest BCUT2D eigenvalue weighted by Crippen LogP contribution is 2.22. The predicted octanol–water partition coefficient (Wildman–Crippen LogP) is 2.42. The zero-order valence-corrected chi connectivity index (χ0v) is 10.1. The average Bonchev–Trinajstić information content (AvgIpc) is 2.40. The maximum atomic E-state index is 9.47. The van der Waals surface area contributed by atoms with Gasteiger partial charge in [-0.05, 0) is 36.2 Å². The summed E-state index contributed by atoms with van der Waals surface area (Å²) in [7, 11) is 0. The van der Waals surface area contributed by atoms with Crippen molar-refractivity contribution in [3.63, 3.8) is 0 Å². The summed E-state index contributed by atoms with van der Waals surface area (Å²) in [4.78, 5) is 4.08. The molecule has 2 aromatic rings. The van der Waals surface area contributed by atoms with Crippen molar-refractivity contribution in [2.45, 2.75) is 19.6 Å². The van der Waals surface area contributed by atoms with Crippen LogP contribution in [0.5, 0.6) is 11.6 Å². The molecule has 0 bridgehead atoms. The molecule has 0 saturated heterocycles. The van der Waals surface area contributed by atoms with Crippen molar-refractivity contribution >= 4 is 0 Å². The van der Waals surface area contributed by atoms with Gasteiger partial charge >= 0.3 is 0 Å². The second-order valence-electron chi connectivity index (χ2n) is 4.01. The molecule has 0 aliphatic rings. The average molecular weight is 245 g/mol. The fraction of sp³-hybridized carbons (Fsp3) is 0.214. The number of rotatable bonds is 4. The Morgan fingerprint density at radius 2 is 1.94 bits per heavy atom. The third-order valence-electron chi connectivity index (χ3n) is 2.57. The van der Waals surface area contributed by atoms with Crippen molar-refractivity contribution < 1.29 is 14.9 Å². The highest BCUT2D eigenvalue weighted by Gasteiger charge is 2.04. The molecule has 0 radical (unpaired) electrons. The largest absolute Gasteiger partial charge is 0.439 e. The zero-order valence-electron chi connectivity index (χ0n) is 10.1. The molecular weight excluding hydrogens is 230 g/mol. The van der Waals surface area contributed by atoms with Gasteiger partial charge in [0.15, 0.2) is 0 Å². The maximum absolute atomic E-state index is 9.47. The van der Waals surface area contributed by atoms with Crippen molar-refractivity contribution in [2.75, 3.05) is 0 Å². The van der Waals surface area contributed by atoms with Crippen molar-refractivity contribution in [3.8, 4) is 11.6 Å². The van der Waals surface area contributed by atoms with Crippen LogP contribution in [0.4, 0.5) is 0 Å². The molecule has 4 nitrogen and oxygen atoms in total. The number of pyridine rings is 1.